The molecule has 30 heavy (non-hydrogen) atoms. The molecule has 0 aliphatic carbocycles. The quantitative estimate of drug-likeness (QED) is 0.375. The third kappa shape index (κ3) is 4.52. The summed E-state index contributed by atoms with van der Waals surface area (Å²) in [5.74, 6) is -1.30. The smallest absolute Gasteiger partial charge is 0.273 e. The molecular formula is C21H23N5O3S. The summed E-state index contributed by atoms with van der Waals surface area (Å²) in [6, 6.07) is 13.3. The van der Waals surface area contributed by atoms with Crippen molar-refractivity contribution in [2.75, 3.05) is 19.0 Å². The van der Waals surface area contributed by atoms with Crippen LogP contribution in [0, 0.1) is 0 Å². The highest BCUT2D eigenvalue weighted by molar-refractivity contribution is 7.80. The summed E-state index contributed by atoms with van der Waals surface area (Å²) in [7, 11) is 3.89. The highest BCUT2D eigenvalue weighted by Crippen LogP contribution is 2.28. The van der Waals surface area contributed by atoms with Gasteiger partial charge in [-0.3, -0.25) is 20.4 Å². The van der Waals surface area contributed by atoms with E-state index in [-0.39, 0.29) is 11.3 Å². The first-order valence-corrected chi connectivity index (χ1v) is 9.63. The second kappa shape index (κ2) is 8.83. The molecule has 0 bridgehead atoms. The monoisotopic (exact) mass is 425 g/mol. The number of hydrazine groups is 1. The number of carbonyl (C=O) groups is 2. The van der Waals surface area contributed by atoms with Crippen LogP contribution in [0.1, 0.15) is 28.9 Å². The van der Waals surface area contributed by atoms with Crippen molar-refractivity contribution in [3.05, 3.63) is 70.9 Å². The number of phenolic OH excluding ortho intramolecular Hbond substituents is 1. The van der Waals surface area contributed by atoms with Gasteiger partial charge in [-0.25, -0.2) is 0 Å². The zero-order valence-corrected chi connectivity index (χ0v) is 17.6. The summed E-state index contributed by atoms with van der Waals surface area (Å²) < 4.78 is 0. The molecule has 1 unspecified atom stereocenters. The Morgan fingerprint density at radius 2 is 1.67 bits per heavy atom. The molecule has 2 aromatic rings. The summed E-state index contributed by atoms with van der Waals surface area (Å²) in [5.41, 5.74) is 7.65. The van der Waals surface area contributed by atoms with Crippen molar-refractivity contribution < 1.29 is 14.7 Å². The van der Waals surface area contributed by atoms with Gasteiger partial charge in [0.05, 0.1) is 17.2 Å². The highest BCUT2D eigenvalue weighted by Gasteiger charge is 2.30. The van der Waals surface area contributed by atoms with Crippen molar-refractivity contribution in [1.29, 1.82) is 0 Å². The fourth-order valence-electron chi connectivity index (χ4n) is 3.12. The van der Waals surface area contributed by atoms with Crippen molar-refractivity contribution in [3.8, 4) is 5.75 Å². The lowest BCUT2D eigenvalue weighted by Gasteiger charge is -2.30. The standard InChI is InChI=1S/C21H23N5O3S/c1-12-17(20(29)25-24-19(28)15-6-4-5-7-16(15)27)18(23-21(30)22-12)13-8-10-14(11-9-13)26(2)3/h4-11,18,27H,1-3H3,(H,24,28)(H,25,29)(H2,22,23,30). The van der Waals surface area contributed by atoms with Crippen LogP contribution >= 0.6 is 12.2 Å². The lowest BCUT2D eigenvalue weighted by Crippen LogP contribution is -2.50. The van der Waals surface area contributed by atoms with Gasteiger partial charge in [-0.15, -0.1) is 0 Å². The largest absolute Gasteiger partial charge is 0.507 e. The number of aromatic hydroxyl groups is 1. The van der Waals surface area contributed by atoms with Crippen LogP contribution in [0.3, 0.4) is 0 Å². The van der Waals surface area contributed by atoms with E-state index in [1.54, 1.807) is 19.1 Å². The maximum absolute atomic E-state index is 12.9. The summed E-state index contributed by atoms with van der Waals surface area (Å²) in [6.45, 7) is 1.74. The van der Waals surface area contributed by atoms with Crippen LogP contribution in [-0.4, -0.2) is 36.1 Å². The van der Waals surface area contributed by atoms with Crippen molar-refractivity contribution in [2.45, 2.75) is 13.0 Å². The topological polar surface area (TPSA) is 106 Å². The van der Waals surface area contributed by atoms with E-state index in [0.717, 1.165) is 11.3 Å². The number of carbonyl (C=O) groups excluding carboxylic acids is 2. The van der Waals surface area contributed by atoms with Crippen molar-refractivity contribution in [1.82, 2.24) is 21.5 Å². The molecule has 1 atom stereocenters. The zero-order valence-electron chi connectivity index (χ0n) is 16.8. The molecule has 0 aromatic heterocycles. The van der Waals surface area contributed by atoms with Gasteiger partial charge < -0.3 is 20.6 Å². The molecule has 0 saturated carbocycles. The SMILES string of the molecule is CC1=C(C(=O)NNC(=O)c2ccccc2O)C(c2ccc(N(C)C)cc2)NC(=S)N1. The third-order valence-corrected chi connectivity index (χ3v) is 4.91. The van der Waals surface area contributed by atoms with Crippen LogP contribution in [-0.2, 0) is 4.79 Å². The van der Waals surface area contributed by atoms with Crippen LogP contribution in [0.25, 0.3) is 0 Å². The van der Waals surface area contributed by atoms with E-state index >= 15 is 0 Å². The zero-order chi connectivity index (χ0) is 21.8. The first kappa shape index (κ1) is 21.1. The van der Waals surface area contributed by atoms with Gasteiger partial charge in [0, 0.05) is 25.5 Å². The number of amides is 2. The minimum absolute atomic E-state index is 0.0559. The van der Waals surface area contributed by atoms with E-state index < -0.39 is 17.9 Å². The van der Waals surface area contributed by atoms with Gasteiger partial charge in [-0.1, -0.05) is 24.3 Å². The number of benzene rings is 2. The Kier molecular flexibility index (Phi) is 6.22. The Morgan fingerprint density at radius 1 is 1.03 bits per heavy atom. The van der Waals surface area contributed by atoms with Crippen LogP contribution in [0.5, 0.6) is 5.75 Å². The van der Waals surface area contributed by atoms with Crippen LogP contribution in [0.4, 0.5) is 5.69 Å². The highest BCUT2D eigenvalue weighted by atomic mass is 32.1. The first-order chi connectivity index (χ1) is 14.3. The summed E-state index contributed by atoms with van der Waals surface area (Å²) >= 11 is 5.26. The van der Waals surface area contributed by atoms with Crippen molar-refractivity contribution in [3.63, 3.8) is 0 Å². The molecule has 1 aliphatic heterocycles. The van der Waals surface area contributed by atoms with Gasteiger partial charge in [-0.05, 0) is 49.0 Å². The van der Waals surface area contributed by atoms with Gasteiger partial charge in [0.2, 0.25) is 0 Å². The summed E-state index contributed by atoms with van der Waals surface area (Å²) in [6.07, 6.45) is 0. The molecule has 8 nitrogen and oxygen atoms in total. The maximum Gasteiger partial charge on any atom is 0.273 e. The van der Waals surface area contributed by atoms with E-state index in [0.29, 0.717) is 16.4 Å². The number of allylic oxidation sites excluding steroid dienone is 1. The van der Waals surface area contributed by atoms with E-state index in [1.165, 1.54) is 12.1 Å². The molecule has 0 radical (unpaired) electrons. The number of nitrogens with one attached hydrogen (secondary N) is 4. The molecule has 0 spiro atoms. The molecule has 0 saturated heterocycles. The normalized spacial score (nSPS) is 15.7. The Morgan fingerprint density at radius 3 is 2.30 bits per heavy atom. The lowest BCUT2D eigenvalue weighted by atomic mass is 9.95. The van der Waals surface area contributed by atoms with Crippen LogP contribution in [0.15, 0.2) is 59.8 Å². The number of anilines is 1. The molecule has 1 heterocycles. The Hall–Kier alpha value is -3.59. The molecule has 5 N–H and O–H groups in total. The molecule has 9 heteroatoms. The van der Waals surface area contributed by atoms with Crippen molar-refractivity contribution in [2.24, 2.45) is 0 Å². The second-order valence-electron chi connectivity index (χ2n) is 6.98. The minimum Gasteiger partial charge on any atom is -0.507 e. The van der Waals surface area contributed by atoms with Crippen LogP contribution < -0.4 is 26.4 Å². The number of hydrogen-bond donors (Lipinski definition) is 5. The molecule has 1 aliphatic rings. The molecule has 156 valence electrons. The fraction of sp³-hybridized carbons (Fsp3) is 0.190. The van der Waals surface area contributed by atoms with Gasteiger partial charge in [0.15, 0.2) is 5.11 Å². The maximum atomic E-state index is 12.9. The number of para-hydroxylation sites is 1. The first-order valence-electron chi connectivity index (χ1n) is 9.22. The van der Waals surface area contributed by atoms with E-state index in [1.807, 2.05) is 43.3 Å². The summed E-state index contributed by atoms with van der Waals surface area (Å²) in [5, 5.41) is 16.3. The molecular weight excluding hydrogens is 402 g/mol. The number of thiocarbonyl (C=S) groups is 1. The van der Waals surface area contributed by atoms with Gasteiger partial charge in [0.25, 0.3) is 11.8 Å². The molecule has 2 aromatic carbocycles. The second-order valence-corrected chi connectivity index (χ2v) is 7.39. The number of phenols is 1. The fourth-order valence-corrected chi connectivity index (χ4v) is 3.39. The molecule has 3 rings (SSSR count). The Balaban J connectivity index is 1.80. The number of hydrogen-bond acceptors (Lipinski definition) is 5. The predicted molar refractivity (Wildman–Crippen MR) is 119 cm³/mol. The Bertz CT molecular complexity index is 1020. The average Bonchev–Trinajstić information content (AvgIpc) is 2.71. The van der Waals surface area contributed by atoms with Crippen molar-refractivity contribution >= 4 is 34.8 Å². The molecule has 2 amide bonds. The predicted octanol–water partition coefficient (Wildman–Crippen LogP) is 1.71. The van der Waals surface area contributed by atoms with E-state index in [9.17, 15) is 14.7 Å². The van der Waals surface area contributed by atoms with Gasteiger partial charge in [-0.2, -0.15) is 0 Å². The third-order valence-electron chi connectivity index (χ3n) is 4.69. The van der Waals surface area contributed by atoms with E-state index in [2.05, 4.69) is 21.5 Å². The minimum atomic E-state index is -0.626. The Labute approximate surface area is 179 Å². The summed E-state index contributed by atoms with van der Waals surface area (Å²) in [4.78, 5) is 27.2. The molecule has 0 fully saturated rings. The lowest BCUT2D eigenvalue weighted by molar-refractivity contribution is -0.118. The number of rotatable bonds is 4. The van der Waals surface area contributed by atoms with Gasteiger partial charge >= 0.3 is 0 Å². The van der Waals surface area contributed by atoms with Crippen LogP contribution in [0.2, 0.25) is 0 Å². The average molecular weight is 426 g/mol. The van der Waals surface area contributed by atoms with Gasteiger partial charge in [0.1, 0.15) is 5.75 Å². The van der Waals surface area contributed by atoms with E-state index in [4.69, 9.17) is 12.2 Å². The number of nitrogens with zero attached hydrogens (tertiary/aromatic N) is 1.